The van der Waals surface area contributed by atoms with E-state index in [2.05, 4.69) is 17.6 Å². The van der Waals surface area contributed by atoms with Gasteiger partial charge in [0.15, 0.2) is 0 Å². The van der Waals surface area contributed by atoms with Crippen LogP contribution in [0.25, 0.3) is 0 Å². The zero-order valence-corrected chi connectivity index (χ0v) is 22.9. The normalized spacial score (nSPS) is 13.5. The van der Waals surface area contributed by atoms with Crippen LogP contribution in [0.5, 0.6) is 0 Å². The van der Waals surface area contributed by atoms with Gasteiger partial charge in [-0.2, -0.15) is 0 Å². The van der Waals surface area contributed by atoms with Crippen LogP contribution in [0.4, 0.5) is 4.79 Å². The van der Waals surface area contributed by atoms with Crippen molar-refractivity contribution in [3.63, 3.8) is 0 Å². The predicted octanol–water partition coefficient (Wildman–Crippen LogP) is 4.16. The number of alkyl carbamates (subject to hydrolysis) is 1. The number of aliphatic hydroxyl groups is 1. The number of hydrogen-bond acceptors (Lipinski definition) is 5. The van der Waals surface area contributed by atoms with Gasteiger partial charge in [0.05, 0.1) is 6.61 Å². The third-order valence-corrected chi connectivity index (χ3v) is 5.36. The van der Waals surface area contributed by atoms with Crippen LogP contribution in [0.15, 0.2) is 18.2 Å². The first-order valence-corrected chi connectivity index (χ1v) is 12.4. The highest BCUT2D eigenvalue weighted by molar-refractivity contribution is 5.92. The first-order chi connectivity index (χ1) is 16.1. The van der Waals surface area contributed by atoms with Crippen molar-refractivity contribution in [3.05, 3.63) is 34.9 Å². The Morgan fingerprint density at radius 1 is 1.03 bits per heavy atom. The van der Waals surface area contributed by atoms with Crippen molar-refractivity contribution in [2.75, 3.05) is 13.2 Å². The van der Waals surface area contributed by atoms with Gasteiger partial charge in [-0.3, -0.25) is 9.59 Å². The summed E-state index contributed by atoms with van der Waals surface area (Å²) in [6.45, 7) is 16.5. The van der Waals surface area contributed by atoms with E-state index in [4.69, 9.17) is 4.74 Å². The monoisotopic (exact) mass is 491 g/mol. The highest BCUT2D eigenvalue weighted by Crippen LogP contribution is 2.26. The largest absolute Gasteiger partial charge is 0.444 e. The van der Waals surface area contributed by atoms with Crippen molar-refractivity contribution in [3.8, 4) is 0 Å². The van der Waals surface area contributed by atoms with Crippen molar-refractivity contribution in [2.24, 2.45) is 0 Å². The van der Waals surface area contributed by atoms with E-state index in [0.717, 1.165) is 24.0 Å². The molecule has 0 aromatic heterocycles. The minimum absolute atomic E-state index is 0.300. The first kappa shape index (κ1) is 30.4. The molecule has 0 aliphatic rings. The molecule has 0 fully saturated rings. The van der Waals surface area contributed by atoms with E-state index >= 15 is 0 Å². The van der Waals surface area contributed by atoms with Gasteiger partial charge in [0.25, 0.3) is 0 Å². The summed E-state index contributed by atoms with van der Waals surface area (Å²) in [5.74, 6) is -0.860. The molecule has 8 nitrogen and oxygen atoms in total. The van der Waals surface area contributed by atoms with Gasteiger partial charge in [-0.25, -0.2) is 4.79 Å². The molecule has 0 aliphatic carbocycles. The molecule has 0 spiro atoms. The molecule has 1 aromatic carbocycles. The average molecular weight is 492 g/mol. The summed E-state index contributed by atoms with van der Waals surface area (Å²) in [5.41, 5.74) is 1.48. The van der Waals surface area contributed by atoms with Crippen LogP contribution in [0, 0.1) is 13.8 Å². The van der Waals surface area contributed by atoms with E-state index < -0.39 is 41.8 Å². The van der Waals surface area contributed by atoms with Gasteiger partial charge in [0.2, 0.25) is 11.8 Å². The molecule has 0 heterocycles. The number of amides is 3. The first-order valence-electron chi connectivity index (χ1n) is 12.4. The maximum absolute atomic E-state index is 13.7. The number of rotatable bonds is 10. The van der Waals surface area contributed by atoms with Crippen molar-refractivity contribution in [1.82, 2.24) is 15.5 Å². The molecule has 1 rings (SSSR count). The Balaban J connectivity index is 3.47. The lowest BCUT2D eigenvalue weighted by Crippen LogP contribution is -2.55. The molecule has 35 heavy (non-hydrogen) atoms. The second-order valence-corrected chi connectivity index (χ2v) is 11.1. The summed E-state index contributed by atoms with van der Waals surface area (Å²) < 4.78 is 5.27. The number of carbonyl (C=O) groups excluding carboxylic acids is 3. The molecular weight excluding hydrogens is 446 g/mol. The van der Waals surface area contributed by atoms with Crippen LogP contribution < -0.4 is 10.6 Å². The number of carbonyl (C=O) groups is 3. The molecule has 198 valence electrons. The van der Waals surface area contributed by atoms with Crippen molar-refractivity contribution < 1.29 is 24.2 Å². The van der Waals surface area contributed by atoms with Gasteiger partial charge in [-0.05, 0) is 78.5 Å². The lowest BCUT2D eigenvalue weighted by molar-refractivity contribution is -0.144. The third-order valence-electron chi connectivity index (χ3n) is 5.36. The number of aliphatic hydroxyl groups excluding tert-OH is 1. The Morgan fingerprint density at radius 3 is 2.14 bits per heavy atom. The molecule has 0 aliphatic heterocycles. The maximum atomic E-state index is 13.7. The van der Waals surface area contributed by atoms with E-state index in [1.165, 1.54) is 4.90 Å². The van der Waals surface area contributed by atoms with Gasteiger partial charge in [-0.1, -0.05) is 38.0 Å². The van der Waals surface area contributed by atoms with Crippen LogP contribution in [0.1, 0.15) is 90.5 Å². The molecule has 1 aromatic rings. The van der Waals surface area contributed by atoms with Crippen molar-refractivity contribution in [2.45, 2.75) is 105 Å². The molecular formula is C27H45N3O5. The predicted molar refractivity (Wildman–Crippen MR) is 138 cm³/mol. The Labute approximate surface area is 210 Å². The van der Waals surface area contributed by atoms with E-state index in [1.807, 2.05) is 52.8 Å². The summed E-state index contributed by atoms with van der Waals surface area (Å²) in [4.78, 5) is 41.1. The van der Waals surface area contributed by atoms with E-state index in [-0.39, 0.29) is 5.91 Å². The number of nitrogens with one attached hydrogen (secondary N) is 2. The Morgan fingerprint density at radius 2 is 1.66 bits per heavy atom. The second kappa shape index (κ2) is 12.9. The van der Waals surface area contributed by atoms with E-state index in [9.17, 15) is 19.5 Å². The van der Waals surface area contributed by atoms with Crippen LogP contribution in [0.2, 0.25) is 0 Å². The van der Waals surface area contributed by atoms with Crippen molar-refractivity contribution in [1.29, 1.82) is 0 Å². The highest BCUT2D eigenvalue weighted by Gasteiger charge is 2.37. The van der Waals surface area contributed by atoms with Gasteiger partial charge >= 0.3 is 6.09 Å². The Hall–Kier alpha value is -2.61. The van der Waals surface area contributed by atoms with Gasteiger partial charge < -0.3 is 25.4 Å². The number of hydrogen-bond donors (Lipinski definition) is 3. The SMILES string of the molecule is CCCCCN(C(=O)C(CO)NC(=O)OC(C)(C)C)C(C(=O)NC(C)(C)C)c1ccc(C)c(C)c1. The molecule has 3 amide bonds. The molecule has 2 atom stereocenters. The van der Waals surface area contributed by atoms with Crippen LogP contribution in [-0.4, -0.2) is 58.2 Å². The number of nitrogens with zero attached hydrogens (tertiary/aromatic N) is 1. The molecule has 0 saturated heterocycles. The smallest absolute Gasteiger partial charge is 0.408 e. The fourth-order valence-corrected chi connectivity index (χ4v) is 3.58. The van der Waals surface area contributed by atoms with Crippen LogP contribution in [0.3, 0.4) is 0 Å². The summed E-state index contributed by atoms with van der Waals surface area (Å²) in [5, 5.41) is 15.5. The van der Waals surface area contributed by atoms with Gasteiger partial charge in [-0.15, -0.1) is 0 Å². The lowest BCUT2D eigenvalue weighted by atomic mass is 9.97. The van der Waals surface area contributed by atoms with E-state index in [0.29, 0.717) is 18.5 Å². The minimum atomic E-state index is -1.25. The average Bonchev–Trinajstić information content (AvgIpc) is 2.70. The molecule has 0 bridgehead atoms. The minimum Gasteiger partial charge on any atom is -0.444 e. The Bertz CT molecular complexity index is 871. The molecule has 8 heteroatoms. The maximum Gasteiger partial charge on any atom is 0.408 e. The summed E-state index contributed by atoms with van der Waals surface area (Å²) >= 11 is 0. The number of aryl methyl sites for hydroxylation is 2. The second-order valence-electron chi connectivity index (χ2n) is 11.1. The van der Waals surface area contributed by atoms with Gasteiger partial charge in [0.1, 0.15) is 17.7 Å². The summed E-state index contributed by atoms with van der Waals surface area (Å²) in [6.07, 6.45) is 1.68. The van der Waals surface area contributed by atoms with E-state index in [1.54, 1.807) is 20.8 Å². The zero-order valence-electron chi connectivity index (χ0n) is 22.9. The zero-order chi connectivity index (χ0) is 27.0. The topological polar surface area (TPSA) is 108 Å². The van der Waals surface area contributed by atoms with Gasteiger partial charge in [0, 0.05) is 12.1 Å². The highest BCUT2D eigenvalue weighted by atomic mass is 16.6. The Kier molecular flexibility index (Phi) is 11.2. The van der Waals surface area contributed by atoms with Crippen molar-refractivity contribution >= 4 is 17.9 Å². The molecule has 0 radical (unpaired) electrons. The fraction of sp³-hybridized carbons (Fsp3) is 0.667. The number of ether oxygens (including phenoxy) is 1. The number of unbranched alkanes of at least 4 members (excludes halogenated alkanes) is 2. The molecule has 0 saturated carbocycles. The molecule has 3 N–H and O–H groups in total. The molecule has 2 unspecified atom stereocenters. The van der Waals surface area contributed by atoms with Crippen LogP contribution >= 0.6 is 0 Å². The lowest BCUT2D eigenvalue weighted by Gasteiger charge is -2.36. The summed E-state index contributed by atoms with van der Waals surface area (Å²) in [7, 11) is 0. The summed E-state index contributed by atoms with van der Waals surface area (Å²) in [6, 6.07) is 3.52. The fourth-order valence-electron chi connectivity index (χ4n) is 3.58. The quantitative estimate of drug-likeness (QED) is 0.426. The standard InChI is InChI=1S/C27H45N3O5/c1-10-11-12-15-30(24(33)21(17-31)28-25(34)35-27(7,8)9)22(23(32)29-26(4,5)6)20-14-13-18(2)19(3)16-20/h13-14,16,21-22,31H,10-12,15,17H2,1-9H3,(H,28,34)(H,29,32). The van der Waals surface area contributed by atoms with Crippen LogP contribution in [-0.2, 0) is 14.3 Å². The number of benzene rings is 1. The third kappa shape index (κ3) is 10.3.